The Labute approximate surface area is 267 Å². The Morgan fingerprint density at radius 1 is 0.929 bits per heavy atom. The molecule has 0 aromatic heterocycles. The highest BCUT2D eigenvalue weighted by Gasteiger charge is 2.49. The molecule has 3 aliphatic rings. The molecular weight excluding hydrogens is 637 g/mol. The van der Waals surface area contributed by atoms with E-state index in [1.165, 1.54) is 0 Å². The van der Waals surface area contributed by atoms with E-state index in [-0.39, 0.29) is 29.0 Å². The molecule has 0 bridgehead atoms. The number of allylic oxidation sites excluding steroid dienone is 4. The van der Waals surface area contributed by atoms with Gasteiger partial charge < -0.3 is 14.4 Å². The molecule has 0 amide bonds. The van der Waals surface area contributed by atoms with Gasteiger partial charge in [-0.15, -0.1) is 0 Å². The molecule has 1 heterocycles. The van der Waals surface area contributed by atoms with E-state index >= 15 is 0 Å². The number of hydrogen-bond donors (Lipinski definition) is 0. The number of benzene rings is 2. The van der Waals surface area contributed by atoms with E-state index in [0.29, 0.717) is 38.9 Å². The third-order valence-electron chi connectivity index (χ3n) is 8.44. The first-order valence-electron chi connectivity index (χ1n) is 14.5. The Morgan fingerprint density at radius 2 is 1.52 bits per heavy atom. The second-order valence-corrected chi connectivity index (χ2v) is 14.9. The predicted octanol–water partition coefficient (Wildman–Crippen LogP) is 9.44. The first-order valence-corrected chi connectivity index (χ1v) is 16.0. The molecule has 0 fully saturated rings. The van der Waals surface area contributed by atoms with Crippen LogP contribution in [0.3, 0.4) is 0 Å². The fraction of sp³-hybridized carbons (Fsp3) is 0.471. The molecule has 0 atom stereocenters. The van der Waals surface area contributed by atoms with E-state index in [4.69, 9.17) is 32.7 Å². The minimum absolute atomic E-state index is 0.115. The highest BCUT2D eigenvalue weighted by Crippen LogP contribution is 2.55. The van der Waals surface area contributed by atoms with Gasteiger partial charge in [-0.3, -0.25) is 9.59 Å². The zero-order chi connectivity index (χ0) is 30.6. The van der Waals surface area contributed by atoms with Crippen LogP contribution in [-0.2, 0) is 16.2 Å². The lowest BCUT2D eigenvalue weighted by Crippen LogP contribution is -2.44. The Morgan fingerprint density at radius 3 is 2.05 bits per heavy atom. The maximum absolute atomic E-state index is 14.0. The Bertz CT molecular complexity index is 1470. The second kappa shape index (κ2) is 11.7. The molecule has 8 heteroatoms. The van der Waals surface area contributed by atoms with Crippen LogP contribution in [0, 0.1) is 10.8 Å². The largest absolute Gasteiger partial charge is 0.493 e. The highest BCUT2D eigenvalue weighted by atomic mass is 79.9. The Kier molecular flexibility index (Phi) is 8.65. The Balaban J connectivity index is 1.65. The normalized spacial score (nSPS) is 20.1. The lowest BCUT2D eigenvalue weighted by Gasteiger charge is -2.49. The first-order chi connectivity index (χ1) is 19.7. The Hall–Kier alpha value is -2.28. The summed E-state index contributed by atoms with van der Waals surface area (Å²) in [5.41, 5.74) is 4.97. The van der Waals surface area contributed by atoms with Crippen molar-refractivity contribution in [3.8, 4) is 11.5 Å². The van der Waals surface area contributed by atoms with Crippen molar-refractivity contribution in [1.29, 1.82) is 0 Å². The topological polar surface area (TPSA) is 55.8 Å². The maximum atomic E-state index is 14.0. The molecule has 224 valence electrons. The number of ether oxygens (including phenoxy) is 2. The van der Waals surface area contributed by atoms with Crippen LogP contribution in [0.2, 0.25) is 10.0 Å². The van der Waals surface area contributed by atoms with E-state index in [1.54, 1.807) is 19.2 Å². The molecule has 2 aromatic rings. The smallest absolute Gasteiger partial charge is 0.175 e. The van der Waals surface area contributed by atoms with Gasteiger partial charge in [-0.05, 0) is 75.9 Å². The quantitative estimate of drug-likeness (QED) is 0.293. The van der Waals surface area contributed by atoms with Crippen molar-refractivity contribution in [3.63, 3.8) is 0 Å². The summed E-state index contributed by atoms with van der Waals surface area (Å²) in [6.07, 6.45) is 3.40. The van der Waals surface area contributed by atoms with Gasteiger partial charge in [0.25, 0.3) is 0 Å². The average Bonchev–Trinajstić information content (AvgIpc) is 2.88. The molecule has 2 aliphatic carbocycles. The summed E-state index contributed by atoms with van der Waals surface area (Å²) in [6.45, 7) is 11.8. The van der Waals surface area contributed by atoms with E-state index in [9.17, 15) is 9.59 Å². The van der Waals surface area contributed by atoms with E-state index < -0.39 is 5.92 Å². The summed E-state index contributed by atoms with van der Waals surface area (Å²) in [4.78, 5) is 30.3. The molecule has 0 spiro atoms. The van der Waals surface area contributed by atoms with Gasteiger partial charge in [-0.25, -0.2) is 0 Å². The molecule has 2 aromatic carbocycles. The zero-order valence-electron chi connectivity index (χ0n) is 25.1. The third-order valence-corrected chi connectivity index (χ3v) is 9.62. The fourth-order valence-corrected chi connectivity index (χ4v) is 7.75. The summed E-state index contributed by atoms with van der Waals surface area (Å²) in [5, 5.41) is 1.07. The highest BCUT2D eigenvalue weighted by molar-refractivity contribution is 9.10. The lowest BCUT2D eigenvalue weighted by molar-refractivity contribution is -0.119. The van der Waals surface area contributed by atoms with Crippen LogP contribution in [0.1, 0.15) is 83.8 Å². The van der Waals surface area contributed by atoms with Gasteiger partial charge in [0.05, 0.1) is 11.6 Å². The number of Topliss-reactive ketones (excluding diaryl/α,β-unsaturated/α-hetero) is 2. The molecule has 5 rings (SSSR count). The molecule has 5 nitrogen and oxygen atoms in total. The van der Waals surface area contributed by atoms with Crippen molar-refractivity contribution < 1.29 is 19.1 Å². The van der Waals surface area contributed by atoms with Crippen molar-refractivity contribution in [1.82, 2.24) is 4.90 Å². The van der Waals surface area contributed by atoms with E-state index in [0.717, 1.165) is 59.5 Å². The number of hydrogen-bond acceptors (Lipinski definition) is 5. The molecule has 0 unspecified atom stereocenters. The zero-order valence-corrected chi connectivity index (χ0v) is 28.2. The monoisotopic (exact) mass is 673 g/mol. The number of halogens is 3. The van der Waals surface area contributed by atoms with Crippen LogP contribution in [0.15, 0.2) is 57.3 Å². The minimum Gasteiger partial charge on any atom is -0.493 e. The molecule has 0 N–H and O–H groups in total. The molecule has 0 saturated heterocycles. The number of rotatable bonds is 7. The van der Waals surface area contributed by atoms with Crippen molar-refractivity contribution in [2.45, 2.75) is 79.2 Å². The lowest BCUT2D eigenvalue weighted by atomic mass is 9.63. The fourth-order valence-electron chi connectivity index (χ4n) is 6.71. The van der Waals surface area contributed by atoms with E-state index in [1.807, 2.05) is 18.2 Å². The standard InChI is InChI=1S/C34H38BrCl2NO4/c1-7-10-38-24-14-33(2,3)16-26(39)30(24)29(31-25(38)15-34(4,5)17-27(31)40)20-11-22(35)32(28(12-20)41-6)42-18-19-8-9-21(36)13-23(19)37/h8-9,11-13,29H,7,10,14-18H2,1-6H3. The molecule has 0 radical (unpaired) electrons. The van der Waals surface area contributed by atoms with Crippen LogP contribution in [0.5, 0.6) is 11.5 Å². The molecule has 0 saturated carbocycles. The van der Waals surface area contributed by atoms with Gasteiger partial charge in [0.2, 0.25) is 0 Å². The summed E-state index contributed by atoms with van der Waals surface area (Å²) in [7, 11) is 1.59. The van der Waals surface area contributed by atoms with Gasteiger partial charge in [-0.2, -0.15) is 0 Å². The van der Waals surface area contributed by atoms with Crippen LogP contribution in [0.4, 0.5) is 0 Å². The maximum Gasteiger partial charge on any atom is 0.175 e. The third kappa shape index (κ3) is 5.92. The van der Waals surface area contributed by atoms with Crippen molar-refractivity contribution in [2.24, 2.45) is 10.8 Å². The molecular formula is C34H38BrCl2NO4. The van der Waals surface area contributed by atoms with Crippen LogP contribution in [0.25, 0.3) is 0 Å². The summed E-state index contributed by atoms with van der Waals surface area (Å²) in [5.74, 6) is 0.803. The van der Waals surface area contributed by atoms with Crippen LogP contribution < -0.4 is 9.47 Å². The van der Waals surface area contributed by atoms with Gasteiger partial charge >= 0.3 is 0 Å². The van der Waals surface area contributed by atoms with Crippen molar-refractivity contribution in [3.05, 3.63) is 78.5 Å². The second-order valence-electron chi connectivity index (χ2n) is 13.2. The number of carbonyl (C=O) groups is 2. The summed E-state index contributed by atoms with van der Waals surface area (Å²) in [6, 6.07) is 9.17. The number of nitrogens with zero attached hydrogens (tertiary/aromatic N) is 1. The number of carbonyl (C=O) groups excluding carboxylic acids is 2. The van der Waals surface area contributed by atoms with Crippen molar-refractivity contribution in [2.75, 3.05) is 13.7 Å². The van der Waals surface area contributed by atoms with Crippen molar-refractivity contribution >= 4 is 50.7 Å². The van der Waals surface area contributed by atoms with Gasteiger partial charge in [0, 0.05) is 63.5 Å². The van der Waals surface area contributed by atoms with Gasteiger partial charge in [0.1, 0.15) is 6.61 Å². The number of ketones is 2. The minimum atomic E-state index is -0.458. The van der Waals surface area contributed by atoms with Crippen LogP contribution >= 0.6 is 39.1 Å². The first kappa shape index (κ1) is 31.2. The summed E-state index contributed by atoms with van der Waals surface area (Å²) >= 11 is 16.2. The molecule has 42 heavy (non-hydrogen) atoms. The number of methoxy groups -OCH3 is 1. The predicted molar refractivity (Wildman–Crippen MR) is 171 cm³/mol. The van der Waals surface area contributed by atoms with Gasteiger partial charge in [0.15, 0.2) is 23.1 Å². The van der Waals surface area contributed by atoms with Crippen LogP contribution in [-0.4, -0.2) is 30.1 Å². The summed E-state index contributed by atoms with van der Waals surface area (Å²) < 4.78 is 12.7. The molecule has 1 aliphatic heterocycles. The SMILES string of the molecule is CCCN1C2=C(C(=O)CC(C)(C)C2)C(c2cc(Br)c(OCc3ccc(Cl)cc3Cl)c(OC)c2)C2=C1CC(C)(C)CC2=O. The average molecular weight is 675 g/mol. The van der Waals surface area contributed by atoms with E-state index in [2.05, 4.69) is 55.4 Å². The van der Waals surface area contributed by atoms with Gasteiger partial charge in [-0.1, -0.05) is 63.9 Å².